The Morgan fingerprint density at radius 3 is 2.83 bits per heavy atom. The highest BCUT2D eigenvalue weighted by Crippen LogP contribution is 2.32. The van der Waals surface area contributed by atoms with E-state index in [2.05, 4.69) is 19.1 Å². The van der Waals surface area contributed by atoms with Crippen molar-refractivity contribution in [3.05, 3.63) is 56.5 Å². The Hall–Kier alpha value is -1.63. The number of esters is 1. The number of carbonyl (C=O) groups is 1. The molecule has 3 rings (SSSR count). The maximum absolute atomic E-state index is 11.5. The van der Waals surface area contributed by atoms with Crippen molar-refractivity contribution in [1.82, 2.24) is 4.98 Å². The van der Waals surface area contributed by atoms with Crippen LogP contribution in [0.4, 0.5) is 0 Å². The van der Waals surface area contributed by atoms with Crippen LogP contribution < -0.4 is 0 Å². The number of rotatable bonds is 5. The summed E-state index contributed by atoms with van der Waals surface area (Å²) in [6.45, 7) is 2.11. The molecule has 1 aromatic carbocycles. The van der Waals surface area contributed by atoms with Crippen molar-refractivity contribution in [2.45, 2.75) is 17.6 Å². The number of carbonyl (C=O) groups excluding carboxylic acids is 1. The molecular formula is C17H15NO2S3. The van der Waals surface area contributed by atoms with Crippen LogP contribution in [0.2, 0.25) is 0 Å². The quantitative estimate of drug-likeness (QED) is 0.459. The van der Waals surface area contributed by atoms with Crippen LogP contribution in [0.15, 0.2) is 46.7 Å². The molecule has 0 N–H and O–H groups in total. The van der Waals surface area contributed by atoms with Gasteiger partial charge in [-0.2, -0.15) is 0 Å². The van der Waals surface area contributed by atoms with Gasteiger partial charge in [0, 0.05) is 20.7 Å². The van der Waals surface area contributed by atoms with Gasteiger partial charge in [-0.05, 0) is 13.0 Å². The van der Waals surface area contributed by atoms with Gasteiger partial charge in [-0.15, -0.1) is 34.4 Å². The Balaban J connectivity index is 1.70. The van der Waals surface area contributed by atoms with Gasteiger partial charge < -0.3 is 4.74 Å². The van der Waals surface area contributed by atoms with Gasteiger partial charge in [0.15, 0.2) is 0 Å². The molecule has 0 unspecified atom stereocenters. The zero-order chi connectivity index (χ0) is 16.2. The number of ether oxygens (including phenoxy) is 1. The summed E-state index contributed by atoms with van der Waals surface area (Å²) in [6.07, 6.45) is 0. The van der Waals surface area contributed by atoms with E-state index < -0.39 is 0 Å². The van der Waals surface area contributed by atoms with E-state index in [1.165, 1.54) is 23.3 Å². The molecule has 0 aliphatic carbocycles. The molecule has 2 heterocycles. The Kier molecular flexibility index (Phi) is 5.15. The van der Waals surface area contributed by atoms with Crippen molar-refractivity contribution >= 4 is 40.4 Å². The summed E-state index contributed by atoms with van der Waals surface area (Å²) in [5.41, 5.74) is 2.22. The number of hydrogen-bond donors (Lipinski definition) is 0. The molecule has 0 aliphatic heterocycles. The number of thiophene rings is 1. The van der Waals surface area contributed by atoms with E-state index in [0.29, 0.717) is 4.88 Å². The van der Waals surface area contributed by atoms with Crippen molar-refractivity contribution in [2.24, 2.45) is 0 Å². The number of benzene rings is 1. The highest BCUT2D eigenvalue weighted by Gasteiger charge is 2.12. The second-order valence-corrected chi connectivity index (χ2v) is 8.05. The standard InChI is InChI=1S/C17H15NO2S3/c1-11-16(12-6-4-3-5-7-12)18-15(23-11)10-21-13-8-14(22-9-13)17(19)20-2/h3-9H,10H2,1-2H3. The summed E-state index contributed by atoms with van der Waals surface area (Å²) in [4.78, 5) is 19.2. The number of nitrogens with zero attached hydrogens (tertiary/aromatic N) is 1. The first-order valence-corrected chi connectivity index (χ1v) is 9.67. The van der Waals surface area contributed by atoms with Crippen LogP contribution in [-0.4, -0.2) is 18.1 Å². The predicted molar refractivity (Wildman–Crippen MR) is 97.5 cm³/mol. The summed E-state index contributed by atoms with van der Waals surface area (Å²) in [7, 11) is 1.40. The number of aromatic nitrogens is 1. The Morgan fingerprint density at radius 1 is 1.30 bits per heavy atom. The van der Waals surface area contributed by atoms with Gasteiger partial charge in [0.25, 0.3) is 0 Å². The molecule has 3 nitrogen and oxygen atoms in total. The topological polar surface area (TPSA) is 39.2 Å². The number of thiazole rings is 1. The van der Waals surface area contributed by atoms with Crippen molar-refractivity contribution in [3.8, 4) is 11.3 Å². The summed E-state index contributed by atoms with van der Waals surface area (Å²) in [5.74, 6) is 0.522. The van der Waals surface area contributed by atoms with Crippen LogP contribution in [0.1, 0.15) is 19.6 Å². The van der Waals surface area contributed by atoms with E-state index in [-0.39, 0.29) is 5.97 Å². The zero-order valence-corrected chi connectivity index (χ0v) is 15.2. The lowest BCUT2D eigenvalue weighted by molar-refractivity contribution is 0.0606. The fraction of sp³-hybridized carbons (Fsp3) is 0.176. The summed E-state index contributed by atoms with van der Waals surface area (Å²) in [6, 6.07) is 12.1. The first-order chi connectivity index (χ1) is 11.2. The molecule has 0 radical (unpaired) electrons. The van der Waals surface area contributed by atoms with Crippen LogP contribution >= 0.6 is 34.4 Å². The van der Waals surface area contributed by atoms with Crippen LogP contribution in [-0.2, 0) is 10.5 Å². The third kappa shape index (κ3) is 3.83. The summed E-state index contributed by atoms with van der Waals surface area (Å²) in [5, 5.41) is 3.08. The largest absolute Gasteiger partial charge is 0.465 e. The normalized spacial score (nSPS) is 10.7. The minimum absolute atomic E-state index is 0.279. The van der Waals surface area contributed by atoms with Gasteiger partial charge >= 0.3 is 5.97 Å². The number of methoxy groups -OCH3 is 1. The molecule has 6 heteroatoms. The maximum Gasteiger partial charge on any atom is 0.348 e. The summed E-state index contributed by atoms with van der Waals surface area (Å²) >= 11 is 4.83. The molecular weight excluding hydrogens is 346 g/mol. The minimum atomic E-state index is -0.279. The van der Waals surface area contributed by atoms with Crippen molar-refractivity contribution in [1.29, 1.82) is 0 Å². The molecule has 0 fully saturated rings. The highest BCUT2D eigenvalue weighted by atomic mass is 32.2. The average molecular weight is 362 g/mol. The fourth-order valence-electron chi connectivity index (χ4n) is 2.12. The van der Waals surface area contributed by atoms with Crippen molar-refractivity contribution in [3.63, 3.8) is 0 Å². The van der Waals surface area contributed by atoms with Crippen molar-refractivity contribution < 1.29 is 9.53 Å². The van der Waals surface area contributed by atoms with Gasteiger partial charge in [-0.1, -0.05) is 30.3 Å². The van der Waals surface area contributed by atoms with Crippen LogP contribution in [0.5, 0.6) is 0 Å². The van der Waals surface area contributed by atoms with E-state index in [9.17, 15) is 4.79 Å². The number of thioether (sulfide) groups is 1. The smallest absolute Gasteiger partial charge is 0.348 e. The molecule has 0 saturated heterocycles. The van der Waals surface area contributed by atoms with Crippen LogP contribution in [0.3, 0.4) is 0 Å². The van der Waals surface area contributed by atoms with E-state index in [4.69, 9.17) is 9.72 Å². The molecule has 3 aromatic rings. The third-order valence-corrected chi connectivity index (χ3v) is 6.41. The van der Waals surface area contributed by atoms with E-state index >= 15 is 0 Å². The highest BCUT2D eigenvalue weighted by molar-refractivity contribution is 7.98. The van der Waals surface area contributed by atoms with Gasteiger partial charge in [0.05, 0.1) is 18.6 Å². The minimum Gasteiger partial charge on any atom is -0.465 e. The Morgan fingerprint density at radius 2 is 2.09 bits per heavy atom. The van der Waals surface area contributed by atoms with Crippen LogP contribution in [0.25, 0.3) is 11.3 Å². The molecule has 2 aromatic heterocycles. The third-order valence-electron chi connectivity index (χ3n) is 3.21. The predicted octanol–water partition coefficient (Wildman–Crippen LogP) is 5.26. The van der Waals surface area contributed by atoms with E-state index in [0.717, 1.165) is 26.9 Å². The lowest BCUT2D eigenvalue weighted by Crippen LogP contribution is -1.96. The number of aryl methyl sites for hydroxylation is 1. The summed E-state index contributed by atoms with van der Waals surface area (Å²) < 4.78 is 4.73. The van der Waals surface area contributed by atoms with Gasteiger partial charge in [0.1, 0.15) is 9.88 Å². The Labute approximate surface area is 147 Å². The van der Waals surface area contributed by atoms with Crippen molar-refractivity contribution in [2.75, 3.05) is 7.11 Å². The maximum atomic E-state index is 11.5. The average Bonchev–Trinajstić information content (AvgIpc) is 3.19. The van der Waals surface area contributed by atoms with Gasteiger partial charge in [-0.3, -0.25) is 0 Å². The van der Waals surface area contributed by atoms with Gasteiger partial charge in [-0.25, -0.2) is 9.78 Å². The van der Waals surface area contributed by atoms with E-state index in [1.54, 1.807) is 23.1 Å². The molecule has 0 amide bonds. The lowest BCUT2D eigenvalue weighted by Gasteiger charge is -1.97. The molecule has 118 valence electrons. The van der Waals surface area contributed by atoms with Gasteiger partial charge in [0.2, 0.25) is 0 Å². The molecule has 0 bridgehead atoms. The number of hydrogen-bond acceptors (Lipinski definition) is 6. The molecule has 0 saturated carbocycles. The van der Waals surface area contributed by atoms with Crippen LogP contribution in [0, 0.1) is 6.92 Å². The molecule has 23 heavy (non-hydrogen) atoms. The molecule has 0 spiro atoms. The monoisotopic (exact) mass is 361 g/mol. The first kappa shape index (κ1) is 16.2. The Bertz CT molecular complexity index is 808. The zero-order valence-electron chi connectivity index (χ0n) is 12.7. The molecule has 0 aliphatic rings. The van der Waals surface area contributed by atoms with E-state index in [1.807, 2.05) is 29.6 Å². The second kappa shape index (κ2) is 7.29. The second-order valence-electron chi connectivity index (χ2n) is 4.81. The fourth-order valence-corrected chi connectivity index (χ4v) is 5.02. The molecule has 0 atom stereocenters. The lowest BCUT2D eigenvalue weighted by atomic mass is 10.1. The first-order valence-electron chi connectivity index (χ1n) is 6.98. The SMILES string of the molecule is COC(=O)c1cc(SCc2nc(-c3ccccc3)c(C)s2)cs1.